The average Bonchev–Trinajstić information content (AvgIpc) is 2.96. The quantitative estimate of drug-likeness (QED) is 0.609. The van der Waals surface area contributed by atoms with Gasteiger partial charge in [-0.2, -0.15) is 4.31 Å². The molecule has 1 aliphatic rings. The first-order chi connectivity index (χ1) is 9.90. The average molecular weight is 315 g/mol. The van der Waals surface area contributed by atoms with E-state index in [0.29, 0.717) is 13.0 Å². The third-order valence-electron chi connectivity index (χ3n) is 3.58. The van der Waals surface area contributed by atoms with Gasteiger partial charge in [0, 0.05) is 32.8 Å². The number of benzene rings is 1. The lowest BCUT2D eigenvalue weighted by Crippen LogP contribution is -2.29. The van der Waals surface area contributed by atoms with Crippen LogP contribution in [-0.2, 0) is 10.0 Å². The minimum atomic E-state index is -3.77. The Balaban J connectivity index is 2.37. The van der Waals surface area contributed by atoms with Gasteiger partial charge in [-0.05, 0) is 24.5 Å². The molecule has 0 bridgehead atoms. The van der Waals surface area contributed by atoms with Crippen LogP contribution in [0.2, 0.25) is 0 Å². The van der Waals surface area contributed by atoms with Gasteiger partial charge in [-0.1, -0.05) is 0 Å². The number of hydrogen-bond acceptors (Lipinski definition) is 6. The van der Waals surface area contributed by atoms with Crippen LogP contribution < -0.4 is 5.32 Å². The topological polar surface area (TPSA) is 113 Å². The summed E-state index contributed by atoms with van der Waals surface area (Å²) in [6.07, 6.45) is 0.590. The van der Waals surface area contributed by atoms with Crippen LogP contribution in [0.3, 0.4) is 0 Å². The fourth-order valence-corrected chi connectivity index (χ4v) is 3.90. The summed E-state index contributed by atoms with van der Waals surface area (Å²) in [5.41, 5.74) is -0.0231. The zero-order valence-electron chi connectivity index (χ0n) is 11.5. The van der Waals surface area contributed by atoms with Gasteiger partial charge in [0.05, 0.1) is 9.82 Å². The van der Waals surface area contributed by atoms with E-state index in [1.165, 1.54) is 23.5 Å². The fraction of sp³-hybridized carbons (Fsp3) is 0.500. The summed E-state index contributed by atoms with van der Waals surface area (Å²) in [6.45, 7) is 0.487. The van der Waals surface area contributed by atoms with Crippen molar-refractivity contribution >= 4 is 21.4 Å². The largest absolute Gasteiger partial charge is 0.396 e. The zero-order chi connectivity index (χ0) is 15.6. The molecule has 1 saturated heterocycles. The minimum absolute atomic E-state index is 0.0646. The van der Waals surface area contributed by atoms with E-state index < -0.39 is 14.9 Å². The van der Waals surface area contributed by atoms with E-state index in [1.54, 1.807) is 0 Å². The second-order valence-electron chi connectivity index (χ2n) is 4.89. The number of aliphatic hydroxyl groups is 1. The first-order valence-corrected chi connectivity index (χ1v) is 7.91. The van der Waals surface area contributed by atoms with E-state index in [1.807, 2.05) is 0 Å². The molecule has 2 N–H and O–H groups in total. The van der Waals surface area contributed by atoms with Crippen LogP contribution in [0.4, 0.5) is 11.4 Å². The molecule has 0 amide bonds. The minimum Gasteiger partial charge on any atom is -0.396 e. The van der Waals surface area contributed by atoms with Crippen molar-refractivity contribution in [1.29, 1.82) is 0 Å². The third kappa shape index (κ3) is 2.99. The number of hydrogen-bond donors (Lipinski definition) is 2. The van der Waals surface area contributed by atoms with Crippen LogP contribution in [0.5, 0.6) is 0 Å². The molecule has 0 aliphatic carbocycles. The van der Waals surface area contributed by atoms with E-state index in [2.05, 4.69) is 5.32 Å². The van der Waals surface area contributed by atoms with Crippen molar-refractivity contribution < 1.29 is 18.4 Å². The van der Waals surface area contributed by atoms with E-state index in [0.717, 1.165) is 6.07 Å². The van der Waals surface area contributed by atoms with Gasteiger partial charge in [0.1, 0.15) is 5.69 Å². The Morgan fingerprint density at radius 2 is 2.24 bits per heavy atom. The SMILES string of the molecule is CNc1ccc(S(=O)(=O)N2CCC(CO)C2)cc1[N+](=O)[O-]. The molecule has 1 aromatic rings. The highest BCUT2D eigenvalue weighted by Gasteiger charge is 2.33. The Labute approximate surface area is 122 Å². The zero-order valence-corrected chi connectivity index (χ0v) is 12.3. The summed E-state index contributed by atoms with van der Waals surface area (Å²) in [5.74, 6) is -0.0775. The van der Waals surface area contributed by atoms with Crippen molar-refractivity contribution in [3.8, 4) is 0 Å². The number of nitro groups is 1. The fourth-order valence-electron chi connectivity index (χ4n) is 2.35. The van der Waals surface area contributed by atoms with E-state index in [9.17, 15) is 18.5 Å². The molecular formula is C12H17N3O5S. The molecule has 0 spiro atoms. The standard InChI is InChI=1S/C12H17N3O5S/c1-13-11-3-2-10(6-12(11)15(17)18)21(19,20)14-5-4-9(7-14)8-16/h2-3,6,9,13,16H,4-5,7-8H2,1H3. The number of rotatable bonds is 5. The first kappa shape index (κ1) is 15.7. The predicted octanol–water partition coefficient (Wildman–Crippen LogP) is 0.639. The number of anilines is 1. The number of sulfonamides is 1. The van der Waals surface area contributed by atoms with Crippen molar-refractivity contribution in [3.05, 3.63) is 28.3 Å². The first-order valence-electron chi connectivity index (χ1n) is 6.47. The summed E-state index contributed by atoms with van der Waals surface area (Å²) in [7, 11) is -2.24. The van der Waals surface area contributed by atoms with Gasteiger partial charge in [0.25, 0.3) is 5.69 Å². The summed E-state index contributed by atoms with van der Waals surface area (Å²) in [4.78, 5) is 10.3. The molecule has 0 saturated carbocycles. The molecule has 1 unspecified atom stereocenters. The summed E-state index contributed by atoms with van der Waals surface area (Å²) >= 11 is 0. The maximum atomic E-state index is 12.5. The van der Waals surface area contributed by atoms with Crippen LogP contribution in [0.25, 0.3) is 0 Å². The Kier molecular flexibility index (Phi) is 4.45. The second-order valence-corrected chi connectivity index (χ2v) is 6.82. The number of nitro benzene ring substituents is 1. The second kappa shape index (κ2) is 5.96. The lowest BCUT2D eigenvalue weighted by atomic mass is 10.1. The molecule has 1 fully saturated rings. The summed E-state index contributed by atoms with van der Waals surface area (Å²) in [5, 5.41) is 22.7. The van der Waals surface area contributed by atoms with E-state index in [-0.39, 0.29) is 35.3 Å². The summed E-state index contributed by atoms with van der Waals surface area (Å²) in [6, 6.07) is 3.79. The maximum absolute atomic E-state index is 12.5. The van der Waals surface area contributed by atoms with Crippen LogP contribution in [0.1, 0.15) is 6.42 Å². The van der Waals surface area contributed by atoms with Crippen LogP contribution in [-0.4, -0.2) is 49.5 Å². The number of aliphatic hydroxyl groups excluding tert-OH is 1. The van der Waals surface area contributed by atoms with Gasteiger partial charge in [0.2, 0.25) is 10.0 Å². The third-order valence-corrected chi connectivity index (χ3v) is 5.44. The molecule has 1 aromatic carbocycles. The van der Waals surface area contributed by atoms with Gasteiger partial charge in [-0.25, -0.2) is 8.42 Å². The van der Waals surface area contributed by atoms with Gasteiger partial charge >= 0.3 is 0 Å². The van der Waals surface area contributed by atoms with Gasteiger partial charge in [0.15, 0.2) is 0 Å². The normalized spacial score (nSPS) is 19.6. The molecule has 2 rings (SSSR count). The molecule has 116 valence electrons. The number of nitrogens with one attached hydrogen (secondary N) is 1. The molecule has 21 heavy (non-hydrogen) atoms. The number of nitrogens with zero attached hydrogens (tertiary/aromatic N) is 2. The van der Waals surface area contributed by atoms with Crippen molar-refractivity contribution in [2.24, 2.45) is 5.92 Å². The van der Waals surface area contributed by atoms with Crippen LogP contribution in [0.15, 0.2) is 23.1 Å². The molecule has 1 heterocycles. The predicted molar refractivity (Wildman–Crippen MR) is 76.6 cm³/mol. The lowest BCUT2D eigenvalue weighted by Gasteiger charge is -2.16. The van der Waals surface area contributed by atoms with Crippen LogP contribution in [0, 0.1) is 16.0 Å². The maximum Gasteiger partial charge on any atom is 0.293 e. The Morgan fingerprint density at radius 3 is 2.76 bits per heavy atom. The molecular weight excluding hydrogens is 298 g/mol. The van der Waals surface area contributed by atoms with Gasteiger partial charge in [-0.15, -0.1) is 0 Å². The lowest BCUT2D eigenvalue weighted by molar-refractivity contribution is -0.384. The highest BCUT2D eigenvalue weighted by Crippen LogP contribution is 2.30. The van der Waals surface area contributed by atoms with Crippen molar-refractivity contribution in [2.45, 2.75) is 11.3 Å². The highest BCUT2D eigenvalue weighted by atomic mass is 32.2. The smallest absolute Gasteiger partial charge is 0.293 e. The Morgan fingerprint density at radius 1 is 1.52 bits per heavy atom. The molecule has 1 aliphatic heterocycles. The Hall–Kier alpha value is -1.71. The van der Waals surface area contributed by atoms with Gasteiger partial charge in [-0.3, -0.25) is 10.1 Å². The van der Waals surface area contributed by atoms with Crippen LogP contribution >= 0.6 is 0 Å². The molecule has 1 atom stereocenters. The van der Waals surface area contributed by atoms with Crippen molar-refractivity contribution in [3.63, 3.8) is 0 Å². The van der Waals surface area contributed by atoms with E-state index in [4.69, 9.17) is 5.11 Å². The highest BCUT2D eigenvalue weighted by molar-refractivity contribution is 7.89. The summed E-state index contributed by atoms with van der Waals surface area (Å²) < 4.78 is 26.2. The van der Waals surface area contributed by atoms with Crippen molar-refractivity contribution in [1.82, 2.24) is 4.31 Å². The molecule has 0 aromatic heterocycles. The monoisotopic (exact) mass is 315 g/mol. The molecule has 9 heteroatoms. The molecule has 8 nitrogen and oxygen atoms in total. The van der Waals surface area contributed by atoms with E-state index >= 15 is 0 Å². The van der Waals surface area contributed by atoms with Crippen molar-refractivity contribution in [2.75, 3.05) is 32.1 Å². The Bertz CT molecular complexity index is 646. The van der Waals surface area contributed by atoms with Gasteiger partial charge < -0.3 is 10.4 Å². The molecule has 0 radical (unpaired) electrons.